The van der Waals surface area contributed by atoms with E-state index in [9.17, 15) is 9.59 Å². The van der Waals surface area contributed by atoms with Crippen LogP contribution in [-0.2, 0) is 4.79 Å². The van der Waals surface area contributed by atoms with E-state index < -0.39 is 11.7 Å². The average molecular weight is 383 g/mol. The number of halogens is 1. The largest absolute Gasteiger partial charge is 0.334 e. The molecule has 1 N–H and O–H groups in total. The molecule has 27 heavy (non-hydrogen) atoms. The lowest BCUT2D eigenvalue weighted by atomic mass is 10.0. The minimum atomic E-state index is -0.467. The summed E-state index contributed by atoms with van der Waals surface area (Å²) in [6.07, 6.45) is 1.82. The van der Waals surface area contributed by atoms with Gasteiger partial charge in [-0.15, -0.1) is 0 Å². The Morgan fingerprint density at radius 2 is 1.74 bits per heavy atom. The molecule has 4 rings (SSSR count). The molecule has 3 heterocycles. The molecule has 0 unspecified atom stereocenters. The van der Waals surface area contributed by atoms with Gasteiger partial charge in [0.05, 0.1) is 33.2 Å². The maximum absolute atomic E-state index is 13.2. The van der Waals surface area contributed by atoms with Gasteiger partial charge in [0.25, 0.3) is 11.7 Å². The van der Waals surface area contributed by atoms with Crippen LogP contribution in [0.25, 0.3) is 16.6 Å². The number of benzene rings is 1. The summed E-state index contributed by atoms with van der Waals surface area (Å²) >= 11 is 6.01. The first kappa shape index (κ1) is 17.8. The minimum absolute atomic E-state index is 0.407. The van der Waals surface area contributed by atoms with Crippen molar-refractivity contribution < 1.29 is 14.5 Å². The minimum Gasteiger partial charge on any atom is -0.334 e. The number of likely N-dealkylation sites (N-methyl/N-ethyl adjacent to an activating group) is 1. The summed E-state index contributed by atoms with van der Waals surface area (Å²) in [4.78, 5) is 29.2. The summed E-state index contributed by atoms with van der Waals surface area (Å²) in [6.45, 7) is 2.93. The topological polar surface area (TPSA) is 46.2 Å². The van der Waals surface area contributed by atoms with Crippen molar-refractivity contribution in [2.45, 2.75) is 0 Å². The van der Waals surface area contributed by atoms with Crippen LogP contribution in [-0.4, -0.2) is 54.2 Å². The van der Waals surface area contributed by atoms with E-state index in [-0.39, 0.29) is 0 Å². The Morgan fingerprint density at radius 1 is 1.04 bits per heavy atom. The highest BCUT2D eigenvalue weighted by atomic mass is 35.5. The number of hydrogen-bond donors (Lipinski definition) is 1. The number of carbonyl (C=O) groups is 2. The smallest absolute Gasteiger partial charge is 0.297 e. The van der Waals surface area contributed by atoms with Gasteiger partial charge in [-0.1, -0.05) is 29.8 Å². The second-order valence-corrected chi connectivity index (χ2v) is 7.42. The fourth-order valence-corrected chi connectivity index (χ4v) is 3.67. The molecule has 0 saturated carbocycles. The number of rotatable bonds is 3. The van der Waals surface area contributed by atoms with Crippen LogP contribution < -0.4 is 4.90 Å². The quantitative estimate of drug-likeness (QED) is 0.554. The first-order valence-corrected chi connectivity index (χ1v) is 9.43. The van der Waals surface area contributed by atoms with Gasteiger partial charge < -0.3 is 14.2 Å². The molecular formula is C21H21ClN3O2+. The van der Waals surface area contributed by atoms with E-state index in [0.717, 1.165) is 29.7 Å². The van der Waals surface area contributed by atoms with Gasteiger partial charge in [0.15, 0.2) is 0 Å². The lowest BCUT2D eigenvalue weighted by Gasteiger charge is -2.29. The van der Waals surface area contributed by atoms with Crippen LogP contribution in [0.4, 0.5) is 0 Å². The maximum Gasteiger partial charge on any atom is 0.297 e. The third-order valence-electron chi connectivity index (χ3n) is 5.15. The highest BCUT2D eigenvalue weighted by molar-refractivity contribution is 6.43. The predicted octanol–water partition coefficient (Wildman–Crippen LogP) is 1.80. The number of nitrogens with one attached hydrogen (secondary N) is 1. The van der Waals surface area contributed by atoms with Gasteiger partial charge in [0.2, 0.25) is 0 Å². The van der Waals surface area contributed by atoms with Crippen LogP contribution in [0.15, 0.2) is 54.7 Å². The zero-order valence-corrected chi connectivity index (χ0v) is 15.9. The van der Waals surface area contributed by atoms with E-state index in [1.807, 2.05) is 42.6 Å². The van der Waals surface area contributed by atoms with Crippen molar-refractivity contribution in [3.63, 3.8) is 0 Å². The molecule has 1 saturated heterocycles. The summed E-state index contributed by atoms with van der Waals surface area (Å²) in [5.74, 6) is -0.896. The Balaban J connectivity index is 1.77. The third kappa shape index (κ3) is 3.36. The van der Waals surface area contributed by atoms with Crippen molar-refractivity contribution in [2.24, 2.45) is 0 Å². The van der Waals surface area contributed by atoms with Crippen molar-refractivity contribution in [1.82, 2.24) is 9.30 Å². The Labute approximate surface area is 162 Å². The molecule has 3 aromatic rings. The van der Waals surface area contributed by atoms with E-state index in [1.165, 1.54) is 4.90 Å². The number of pyridine rings is 1. The zero-order chi connectivity index (χ0) is 19.0. The number of piperazine rings is 1. The fourth-order valence-electron chi connectivity index (χ4n) is 3.54. The summed E-state index contributed by atoms with van der Waals surface area (Å²) in [7, 11) is 2.10. The molecule has 138 valence electrons. The van der Waals surface area contributed by atoms with Gasteiger partial charge in [0, 0.05) is 22.3 Å². The van der Waals surface area contributed by atoms with Crippen LogP contribution in [0.2, 0.25) is 5.02 Å². The number of carbonyl (C=O) groups excluding carboxylic acids is 2. The molecule has 2 aromatic heterocycles. The number of amides is 1. The van der Waals surface area contributed by atoms with E-state index >= 15 is 0 Å². The molecule has 1 amide bonds. The lowest BCUT2D eigenvalue weighted by molar-refractivity contribution is -0.883. The standard InChI is InChI=1S/C21H20ClN3O2/c1-23-10-12-24(13-11-23)21(27)20(26)19-18(15-5-7-16(22)8-6-15)14-17-4-2-3-9-25(17)19/h2-9,14H,10-13H2,1H3/p+1. The maximum atomic E-state index is 13.2. The van der Waals surface area contributed by atoms with Gasteiger partial charge >= 0.3 is 0 Å². The van der Waals surface area contributed by atoms with Crippen molar-refractivity contribution in [3.8, 4) is 11.1 Å². The van der Waals surface area contributed by atoms with E-state index in [1.54, 1.807) is 21.4 Å². The molecule has 1 aromatic carbocycles. The second-order valence-electron chi connectivity index (χ2n) is 6.99. The van der Waals surface area contributed by atoms with E-state index in [0.29, 0.717) is 23.8 Å². The Bertz CT molecular complexity index is 1000. The summed E-state index contributed by atoms with van der Waals surface area (Å²) in [6, 6.07) is 15.0. The SMILES string of the molecule is C[NH+]1CCN(C(=O)C(=O)c2c(-c3ccc(Cl)cc3)cc3ccccn23)CC1. The molecule has 0 bridgehead atoms. The van der Waals surface area contributed by atoms with Gasteiger partial charge in [-0.3, -0.25) is 9.59 Å². The summed E-state index contributed by atoms with van der Waals surface area (Å²) in [5.41, 5.74) is 2.89. The van der Waals surface area contributed by atoms with Crippen LogP contribution in [0, 0.1) is 0 Å². The van der Waals surface area contributed by atoms with Crippen LogP contribution >= 0.6 is 11.6 Å². The summed E-state index contributed by atoms with van der Waals surface area (Å²) < 4.78 is 1.80. The Kier molecular flexibility index (Phi) is 4.72. The summed E-state index contributed by atoms with van der Waals surface area (Å²) in [5, 5.41) is 0.631. The molecule has 0 spiro atoms. The van der Waals surface area contributed by atoms with Crippen LogP contribution in [0.3, 0.4) is 0 Å². The average Bonchev–Trinajstić information content (AvgIpc) is 3.07. The Morgan fingerprint density at radius 3 is 2.44 bits per heavy atom. The number of nitrogens with zero attached hydrogens (tertiary/aromatic N) is 2. The number of quaternary nitrogens is 1. The molecule has 0 aliphatic carbocycles. The molecular weight excluding hydrogens is 362 g/mol. The second kappa shape index (κ2) is 7.18. The lowest BCUT2D eigenvalue weighted by Crippen LogP contribution is -3.12. The number of ketones is 1. The normalized spacial score (nSPS) is 15.3. The molecule has 1 fully saturated rings. The van der Waals surface area contributed by atoms with E-state index in [4.69, 9.17) is 11.6 Å². The van der Waals surface area contributed by atoms with Crippen LogP contribution in [0.1, 0.15) is 10.5 Å². The van der Waals surface area contributed by atoms with Crippen molar-refractivity contribution in [3.05, 3.63) is 65.4 Å². The first-order chi connectivity index (χ1) is 13.0. The highest BCUT2D eigenvalue weighted by Gasteiger charge is 2.31. The van der Waals surface area contributed by atoms with Gasteiger partial charge in [-0.05, 0) is 35.9 Å². The fraction of sp³-hybridized carbons (Fsp3) is 0.238. The molecule has 0 radical (unpaired) electrons. The van der Waals surface area contributed by atoms with Crippen LogP contribution in [0.5, 0.6) is 0 Å². The van der Waals surface area contributed by atoms with Crippen molar-refractivity contribution in [2.75, 3.05) is 33.2 Å². The number of fused-ring (bicyclic) bond motifs is 1. The number of Topliss-reactive ketones (excluding diaryl/α,β-unsaturated/α-hetero) is 1. The molecule has 6 heteroatoms. The number of hydrogen-bond acceptors (Lipinski definition) is 2. The zero-order valence-electron chi connectivity index (χ0n) is 15.1. The van der Waals surface area contributed by atoms with Gasteiger partial charge in [-0.25, -0.2) is 0 Å². The monoisotopic (exact) mass is 382 g/mol. The number of aromatic nitrogens is 1. The van der Waals surface area contributed by atoms with Gasteiger partial charge in [-0.2, -0.15) is 0 Å². The van der Waals surface area contributed by atoms with Gasteiger partial charge in [0.1, 0.15) is 5.69 Å². The Hall–Kier alpha value is -2.63. The molecule has 1 aliphatic rings. The highest BCUT2D eigenvalue weighted by Crippen LogP contribution is 2.29. The van der Waals surface area contributed by atoms with Crippen molar-refractivity contribution in [1.29, 1.82) is 0 Å². The first-order valence-electron chi connectivity index (χ1n) is 9.05. The molecule has 0 atom stereocenters. The molecule has 5 nitrogen and oxygen atoms in total. The predicted molar refractivity (Wildman–Crippen MR) is 105 cm³/mol. The van der Waals surface area contributed by atoms with E-state index in [2.05, 4.69) is 7.05 Å². The molecule has 1 aliphatic heterocycles. The van der Waals surface area contributed by atoms with Crippen molar-refractivity contribution >= 4 is 28.8 Å². The third-order valence-corrected chi connectivity index (χ3v) is 5.40.